The quantitative estimate of drug-likeness (QED) is 0.880. The van der Waals surface area contributed by atoms with Gasteiger partial charge < -0.3 is 9.84 Å². The van der Waals surface area contributed by atoms with Crippen LogP contribution in [0.25, 0.3) is 11.4 Å². The highest BCUT2D eigenvalue weighted by Gasteiger charge is 2.09. The van der Waals surface area contributed by atoms with Gasteiger partial charge in [0.2, 0.25) is 11.7 Å². The fraction of sp³-hybridized carbons (Fsp3) is 0.429. The van der Waals surface area contributed by atoms with Crippen LogP contribution in [0.2, 0.25) is 0 Å². The number of rotatable bonds is 5. The lowest BCUT2D eigenvalue weighted by atomic mass is 10.1. The van der Waals surface area contributed by atoms with E-state index in [0.29, 0.717) is 24.2 Å². The molecule has 4 heteroatoms. The maximum absolute atomic E-state index is 5.23. The molecular formula is C14H19N3O. The molecule has 18 heavy (non-hydrogen) atoms. The van der Waals surface area contributed by atoms with Crippen LogP contribution >= 0.6 is 0 Å². The summed E-state index contributed by atoms with van der Waals surface area (Å²) >= 11 is 0. The molecule has 0 radical (unpaired) electrons. The van der Waals surface area contributed by atoms with Gasteiger partial charge in [0.05, 0.1) is 6.54 Å². The minimum atomic E-state index is 0.615. The molecule has 0 fully saturated rings. The van der Waals surface area contributed by atoms with Gasteiger partial charge in [-0.2, -0.15) is 4.98 Å². The van der Waals surface area contributed by atoms with E-state index in [2.05, 4.69) is 29.3 Å². The van der Waals surface area contributed by atoms with E-state index in [-0.39, 0.29) is 0 Å². The van der Waals surface area contributed by atoms with Crippen molar-refractivity contribution in [1.29, 1.82) is 0 Å². The fourth-order valence-electron chi connectivity index (χ4n) is 1.73. The second-order valence-electron chi connectivity index (χ2n) is 4.85. The zero-order chi connectivity index (χ0) is 13.0. The predicted octanol–water partition coefficient (Wildman–Crippen LogP) is 2.79. The molecule has 0 aliphatic heterocycles. The van der Waals surface area contributed by atoms with Gasteiger partial charge in [-0.15, -0.1) is 0 Å². The Balaban J connectivity index is 2.04. The zero-order valence-corrected chi connectivity index (χ0v) is 11.1. The van der Waals surface area contributed by atoms with E-state index in [1.807, 2.05) is 31.2 Å². The van der Waals surface area contributed by atoms with E-state index in [1.54, 1.807) is 0 Å². The van der Waals surface area contributed by atoms with Crippen LogP contribution in [-0.4, -0.2) is 16.7 Å². The Morgan fingerprint density at radius 3 is 2.78 bits per heavy atom. The Labute approximate surface area is 107 Å². The van der Waals surface area contributed by atoms with E-state index >= 15 is 0 Å². The van der Waals surface area contributed by atoms with Gasteiger partial charge in [-0.25, -0.2) is 0 Å². The lowest BCUT2D eigenvalue weighted by Crippen LogP contribution is -2.19. The van der Waals surface area contributed by atoms with Crippen LogP contribution in [0.5, 0.6) is 0 Å². The largest absolute Gasteiger partial charge is 0.338 e. The van der Waals surface area contributed by atoms with Crippen molar-refractivity contribution in [3.05, 3.63) is 35.7 Å². The highest BCUT2D eigenvalue weighted by Crippen LogP contribution is 2.19. The summed E-state index contributed by atoms with van der Waals surface area (Å²) in [5.41, 5.74) is 2.18. The van der Waals surface area contributed by atoms with E-state index < -0.39 is 0 Å². The SMILES string of the molecule is Cc1ccccc1-c1noc(CNCC(C)C)n1. The van der Waals surface area contributed by atoms with Crippen LogP contribution in [0, 0.1) is 12.8 Å². The maximum Gasteiger partial charge on any atom is 0.240 e. The van der Waals surface area contributed by atoms with E-state index in [0.717, 1.165) is 17.7 Å². The summed E-state index contributed by atoms with van der Waals surface area (Å²) in [5, 5.41) is 7.30. The third kappa shape index (κ3) is 3.17. The van der Waals surface area contributed by atoms with Crippen LogP contribution < -0.4 is 5.32 Å². The molecule has 1 aromatic heterocycles. The number of hydrogen-bond donors (Lipinski definition) is 1. The third-order valence-corrected chi connectivity index (χ3v) is 2.68. The van der Waals surface area contributed by atoms with Gasteiger partial charge in [0.15, 0.2) is 0 Å². The zero-order valence-electron chi connectivity index (χ0n) is 11.1. The Morgan fingerprint density at radius 2 is 2.06 bits per heavy atom. The third-order valence-electron chi connectivity index (χ3n) is 2.68. The van der Waals surface area contributed by atoms with Gasteiger partial charge >= 0.3 is 0 Å². The van der Waals surface area contributed by atoms with Crippen molar-refractivity contribution in [2.75, 3.05) is 6.54 Å². The summed E-state index contributed by atoms with van der Waals surface area (Å²) in [6.45, 7) is 7.95. The first-order valence-electron chi connectivity index (χ1n) is 6.26. The molecule has 1 aromatic carbocycles. The molecule has 0 saturated carbocycles. The van der Waals surface area contributed by atoms with Gasteiger partial charge in [-0.1, -0.05) is 43.3 Å². The molecule has 96 valence electrons. The average Bonchev–Trinajstić information content (AvgIpc) is 2.78. The normalized spacial score (nSPS) is 11.1. The molecule has 2 rings (SSSR count). The first-order chi connectivity index (χ1) is 8.66. The van der Waals surface area contributed by atoms with Gasteiger partial charge in [-0.05, 0) is 24.9 Å². The second kappa shape index (κ2) is 5.78. The van der Waals surface area contributed by atoms with Crippen LogP contribution in [0.4, 0.5) is 0 Å². The van der Waals surface area contributed by atoms with E-state index in [9.17, 15) is 0 Å². The van der Waals surface area contributed by atoms with Crippen LogP contribution in [0.1, 0.15) is 25.3 Å². The number of nitrogens with zero attached hydrogens (tertiary/aromatic N) is 2. The molecule has 0 atom stereocenters. The van der Waals surface area contributed by atoms with Crippen LogP contribution in [0.15, 0.2) is 28.8 Å². The smallest absolute Gasteiger partial charge is 0.240 e. The summed E-state index contributed by atoms with van der Waals surface area (Å²) in [5.74, 6) is 1.91. The van der Waals surface area contributed by atoms with E-state index in [1.165, 1.54) is 0 Å². The number of nitrogens with one attached hydrogen (secondary N) is 1. The summed E-state index contributed by atoms with van der Waals surface area (Å²) in [4.78, 5) is 4.40. The summed E-state index contributed by atoms with van der Waals surface area (Å²) in [6, 6.07) is 8.04. The maximum atomic E-state index is 5.23. The molecule has 1 N–H and O–H groups in total. The predicted molar refractivity (Wildman–Crippen MR) is 71.0 cm³/mol. The van der Waals surface area contributed by atoms with Gasteiger partial charge in [0.1, 0.15) is 0 Å². The van der Waals surface area contributed by atoms with Crippen molar-refractivity contribution in [3.63, 3.8) is 0 Å². The van der Waals surface area contributed by atoms with Crippen molar-refractivity contribution in [3.8, 4) is 11.4 Å². The molecule has 0 aliphatic rings. The van der Waals surface area contributed by atoms with Crippen molar-refractivity contribution in [1.82, 2.24) is 15.5 Å². The number of benzene rings is 1. The van der Waals surface area contributed by atoms with Gasteiger partial charge in [0, 0.05) is 5.56 Å². The average molecular weight is 245 g/mol. The highest BCUT2D eigenvalue weighted by molar-refractivity contribution is 5.58. The van der Waals surface area contributed by atoms with Crippen LogP contribution in [-0.2, 0) is 6.54 Å². The van der Waals surface area contributed by atoms with Gasteiger partial charge in [0.25, 0.3) is 0 Å². The minimum absolute atomic E-state index is 0.615. The molecule has 0 aliphatic carbocycles. The van der Waals surface area contributed by atoms with Crippen molar-refractivity contribution >= 4 is 0 Å². The monoisotopic (exact) mass is 245 g/mol. The molecule has 4 nitrogen and oxygen atoms in total. The van der Waals surface area contributed by atoms with Gasteiger partial charge in [-0.3, -0.25) is 0 Å². The van der Waals surface area contributed by atoms with E-state index in [4.69, 9.17) is 4.52 Å². The molecule has 0 amide bonds. The molecule has 0 bridgehead atoms. The van der Waals surface area contributed by atoms with Crippen molar-refractivity contribution < 1.29 is 4.52 Å². The summed E-state index contributed by atoms with van der Waals surface area (Å²) in [7, 11) is 0. The Kier molecular flexibility index (Phi) is 4.10. The van der Waals surface area contributed by atoms with Crippen LogP contribution in [0.3, 0.4) is 0 Å². The molecule has 0 unspecified atom stereocenters. The molecule has 2 aromatic rings. The lowest BCUT2D eigenvalue weighted by molar-refractivity contribution is 0.364. The molecule has 0 saturated heterocycles. The van der Waals surface area contributed by atoms with Crippen molar-refractivity contribution in [2.45, 2.75) is 27.3 Å². The number of aromatic nitrogens is 2. The fourth-order valence-corrected chi connectivity index (χ4v) is 1.73. The second-order valence-corrected chi connectivity index (χ2v) is 4.85. The highest BCUT2D eigenvalue weighted by atomic mass is 16.5. The first-order valence-corrected chi connectivity index (χ1v) is 6.26. The Hall–Kier alpha value is -1.68. The summed E-state index contributed by atoms with van der Waals surface area (Å²) < 4.78 is 5.23. The topological polar surface area (TPSA) is 51.0 Å². The molecular weight excluding hydrogens is 226 g/mol. The summed E-state index contributed by atoms with van der Waals surface area (Å²) in [6.07, 6.45) is 0. The minimum Gasteiger partial charge on any atom is -0.338 e. The lowest BCUT2D eigenvalue weighted by Gasteiger charge is -2.03. The standard InChI is InChI=1S/C14H19N3O/c1-10(2)8-15-9-13-16-14(17-18-13)12-7-5-4-6-11(12)3/h4-7,10,15H,8-9H2,1-3H3. The number of hydrogen-bond acceptors (Lipinski definition) is 4. The molecule has 1 heterocycles. The van der Waals surface area contributed by atoms with Crippen molar-refractivity contribution in [2.24, 2.45) is 5.92 Å². The number of aryl methyl sites for hydroxylation is 1. The Bertz CT molecular complexity index is 505. The molecule has 0 spiro atoms. The first kappa shape index (κ1) is 12.8. The Morgan fingerprint density at radius 1 is 1.28 bits per heavy atom.